The van der Waals surface area contributed by atoms with Gasteiger partial charge in [0.2, 0.25) is 5.91 Å². The molecule has 1 unspecified atom stereocenters. The van der Waals surface area contributed by atoms with Crippen LogP contribution in [0.1, 0.15) is 112 Å². The molecule has 7 nitrogen and oxygen atoms in total. The highest BCUT2D eigenvalue weighted by Crippen LogP contribution is 2.29. The number of ether oxygens (including phenoxy) is 1. The Balaban J connectivity index is 2.25. The van der Waals surface area contributed by atoms with E-state index >= 15 is 0 Å². The molecule has 0 heterocycles. The zero-order chi connectivity index (χ0) is 30.6. The molecule has 0 aromatic heterocycles. The van der Waals surface area contributed by atoms with Crippen molar-refractivity contribution in [2.75, 3.05) is 0 Å². The normalized spacial score (nSPS) is 18.5. The second kappa shape index (κ2) is 17.2. The Kier molecular flexibility index (Phi) is 14.8. The number of benzene rings is 1. The first-order chi connectivity index (χ1) is 19.2. The predicted octanol–water partition coefficient (Wildman–Crippen LogP) is 5.56. The fourth-order valence-corrected chi connectivity index (χ4v) is 5.80. The van der Waals surface area contributed by atoms with E-state index in [0.717, 1.165) is 31.2 Å². The van der Waals surface area contributed by atoms with E-state index in [9.17, 15) is 19.8 Å². The van der Waals surface area contributed by atoms with Gasteiger partial charge in [-0.3, -0.25) is 14.9 Å². The number of carbonyl (C=O) groups is 2. The monoisotopic (exact) mass is 574 g/mol. The van der Waals surface area contributed by atoms with Gasteiger partial charge in [-0.05, 0) is 76.2 Å². The highest BCUT2D eigenvalue weighted by Gasteiger charge is 2.35. The lowest BCUT2D eigenvalue weighted by Crippen LogP contribution is -2.57. The van der Waals surface area contributed by atoms with Crippen LogP contribution in [0.15, 0.2) is 30.3 Å². The van der Waals surface area contributed by atoms with Gasteiger partial charge in [0.05, 0.1) is 18.2 Å². The van der Waals surface area contributed by atoms with Crippen molar-refractivity contribution in [3.63, 3.8) is 0 Å². The molecule has 0 spiro atoms. The lowest BCUT2D eigenvalue weighted by atomic mass is 9.82. The van der Waals surface area contributed by atoms with Crippen LogP contribution >= 0.6 is 0 Å². The largest absolute Gasteiger partial charge is 0.459 e. The highest BCUT2D eigenvalue weighted by molar-refractivity contribution is 5.84. The van der Waals surface area contributed by atoms with Gasteiger partial charge in [-0.1, -0.05) is 90.1 Å². The fraction of sp³-hybridized carbons (Fsp3) is 0.765. The van der Waals surface area contributed by atoms with Crippen molar-refractivity contribution >= 4 is 11.9 Å². The Hall–Kier alpha value is -1.96. The van der Waals surface area contributed by atoms with Gasteiger partial charge in [0, 0.05) is 0 Å². The van der Waals surface area contributed by atoms with Crippen LogP contribution in [0, 0.1) is 17.8 Å². The number of rotatable bonds is 16. The molecule has 2 rings (SSSR count). The third-order valence-electron chi connectivity index (χ3n) is 7.84. The molecule has 234 valence electrons. The summed E-state index contributed by atoms with van der Waals surface area (Å²) in [6, 6.07) is 8.11. The minimum Gasteiger partial charge on any atom is -0.459 e. The number of esters is 1. The van der Waals surface area contributed by atoms with Gasteiger partial charge in [0.15, 0.2) is 0 Å². The zero-order valence-electron chi connectivity index (χ0n) is 26.7. The van der Waals surface area contributed by atoms with Crippen molar-refractivity contribution in [1.82, 2.24) is 10.6 Å². The van der Waals surface area contributed by atoms with Gasteiger partial charge in [0.1, 0.15) is 17.7 Å². The summed E-state index contributed by atoms with van der Waals surface area (Å²) in [7, 11) is 0. The molecule has 41 heavy (non-hydrogen) atoms. The summed E-state index contributed by atoms with van der Waals surface area (Å²) < 4.78 is 5.76. The average Bonchev–Trinajstić information content (AvgIpc) is 2.89. The molecule has 4 N–H and O–H groups in total. The van der Waals surface area contributed by atoms with Crippen LogP contribution in [0.25, 0.3) is 0 Å². The SMILES string of the molecule is CC(C)CC(N[C@@H](CCc1ccccc1)C(=O)OC(C)(C)C)C(=O)N[C@@H](CC1CCCCC1)[C@@H](O)[C@@H](O)CC(C)C. The lowest BCUT2D eigenvalue weighted by Gasteiger charge is -2.34. The lowest BCUT2D eigenvalue weighted by molar-refractivity contribution is -0.158. The molecule has 0 bridgehead atoms. The molecule has 7 heteroatoms. The van der Waals surface area contributed by atoms with Gasteiger partial charge >= 0.3 is 5.97 Å². The maximum absolute atomic E-state index is 13.9. The average molecular weight is 575 g/mol. The molecule has 1 aromatic carbocycles. The number of carbonyl (C=O) groups excluding carboxylic acids is 2. The van der Waals surface area contributed by atoms with E-state index in [4.69, 9.17) is 4.74 Å². The van der Waals surface area contributed by atoms with Crippen molar-refractivity contribution in [3.05, 3.63) is 35.9 Å². The van der Waals surface area contributed by atoms with Gasteiger partial charge in [0.25, 0.3) is 0 Å². The molecular weight excluding hydrogens is 516 g/mol. The summed E-state index contributed by atoms with van der Waals surface area (Å²) in [4.78, 5) is 27.2. The first-order valence-electron chi connectivity index (χ1n) is 15.9. The number of hydrogen-bond donors (Lipinski definition) is 4. The Morgan fingerprint density at radius 1 is 0.927 bits per heavy atom. The van der Waals surface area contributed by atoms with Crippen molar-refractivity contribution in [2.24, 2.45) is 17.8 Å². The molecule has 1 fully saturated rings. The van der Waals surface area contributed by atoms with Crippen molar-refractivity contribution < 1.29 is 24.5 Å². The molecular formula is C34H58N2O5. The topological polar surface area (TPSA) is 108 Å². The quantitative estimate of drug-likeness (QED) is 0.193. The summed E-state index contributed by atoms with van der Waals surface area (Å²) >= 11 is 0. The van der Waals surface area contributed by atoms with E-state index in [-0.39, 0.29) is 23.7 Å². The van der Waals surface area contributed by atoms with E-state index in [1.165, 1.54) is 6.42 Å². The van der Waals surface area contributed by atoms with E-state index in [1.807, 2.05) is 65.0 Å². The second-order valence-electron chi connectivity index (χ2n) is 14.0. The summed E-state index contributed by atoms with van der Waals surface area (Å²) in [5.41, 5.74) is 0.462. The van der Waals surface area contributed by atoms with E-state index in [1.54, 1.807) is 0 Å². The third kappa shape index (κ3) is 13.7. The van der Waals surface area contributed by atoms with E-state index in [2.05, 4.69) is 24.5 Å². The molecule has 0 saturated heterocycles. The number of nitrogens with one attached hydrogen (secondary N) is 2. The summed E-state index contributed by atoms with van der Waals surface area (Å²) in [6.07, 6.45) is 6.51. The van der Waals surface area contributed by atoms with Gasteiger partial charge in [-0.15, -0.1) is 0 Å². The molecule has 0 aliphatic heterocycles. The number of aryl methyl sites for hydroxylation is 1. The maximum Gasteiger partial charge on any atom is 0.323 e. The molecule has 1 saturated carbocycles. The zero-order valence-corrected chi connectivity index (χ0v) is 26.7. The Bertz CT molecular complexity index is 892. The Morgan fingerprint density at radius 2 is 1.54 bits per heavy atom. The van der Waals surface area contributed by atoms with E-state index in [0.29, 0.717) is 38.0 Å². The van der Waals surface area contributed by atoms with Crippen LogP contribution < -0.4 is 10.6 Å². The minimum absolute atomic E-state index is 0.194. The van der Waals surface area contributed by atoms with Crippen molar-refractivity contribution in [1.29, 1.82) is 0 Å². The Morgan fingerprint density at radius 3 is 2.10 bits per heavy atom. The first-order valence-corrected chi connectivity index (χ1v) is 15.9. The molecule has 1 aromatic rings. The molecule has 0 radical (unpaired) electrons. The van der Waals surface area contributed by atoms with Crippen LogP contribution in [0.4, 0.5) is 0 Å². The number of aliphatic hydroxyl groups excluding tert-OH is 2. The van der Waals surface area contributed by atoms with Gasteiger partial charge < -0.3 is 20.3 Å². The molecule has 1 amide bonds. The minimum atomic E-state index is -1.05. The smallest absolute Gasteiger partial charge is 0.323 e. The fourth-order valence-electron chi connectivity index (χ4n) is 5.80. The van der Waals surface area contributed by atoms with Crippen molar-refractivity contribution in [2.45, 2.75) is 149 Å². The summed E-state index contributed by atoms with van der Waals surface area (Å²) in [5, 5.41) is 28.5. The first kappa shape index (κ1) is 35.2. The standard InChI is InChI=1S/C34H58N2O5/c1-23(2)20-29(35-27(33(40)41-34(5,6)7)19-18-25-14-10-8-11-15-25)32(39)36-28(22-26-16-12-9-13-17-26)31(38)30(37)21-24(3)4/h8,10-11,14-15,23-24,26-31,35,37-38H,9,12-13,16-22H2,1-7H3,(H,36,39)/t27-,28-,29?,30-,31+/m0/s1. The van der Waals surface area contributed by atoms with Crippen LogP contribution in [0.3, 0.4) is 0 Å². The number of aliphatic hydroxyl groups is 2. The molecule has 5 atom stereocenters. The highest BCUT2D eigenvalue weighted by atomic mass is 16.6. The number of amides is 1. The third-order valence-corrected chi connectivity index (χ3v) is 7.84. The van der Waals surface area contributed by atoms with Crippen molar-refractivity contribution in [3.8, 4) is 0 Å². The second-order valence-corrected chi connectivity index (χ2v) is 14.0. The van der Waals surface area contributed by atoms with Crippen LogP contribution in [0.5, 0.6) is 0 Å². The predicted molar refractivity (Wildman–Crippen MR) is 165 cm³/mol. The summed E-state index contributed by atoms with van der Waals surface area (Å²) in [5.74, 6) is 0.205. The van der Waals surface area contributed by atoms with Gasteiger partial charge in [-0.2, -0.15) is 0 Å². The number of hydrogen-bond acceptors (Lipinski definition) is 6. The molecule has 1 aliphatic rings. The molecule has 1 aliphatic carbocycles. The summed E-state index contributed by atoms with van der Waals surface area (Å²) in [6.45, 7) is 13.7. The Labute approximate surface area is 249 Å². The maximum atomic E-state index is 13.9. The van der Waals surface area contributed by atoms with Crippen LogP contribution in [-0.2, 0) is 20.7 Å². The van der Waals surface area contributed by atoms with Crippen LogP contribution in [0.2, 0.25) is 0 Å². The van der Waals surface area contributed by atoms with Crippen LogP contribution in [-0.4, -0.2) is 58.0 Å². The van der Waals surface area contributed by atoms with Gasteiger partial charge in [-0.25, -0.2) is 0 Å². The van der Waals surface area contributed by atoms with E-state index < -0.39 is 35.9 Å².